The molecule has 0 radical (unpaired) electrons. The van der Waals surface area contributed by atoms with Crippen LogP contribution in [0, 0.1) is 11.8 Å². The molecule has 3 heterocycles. The number of carbonyl (C=O) groups excluding carboxylic acids is 1. The summed E-state index contributed by atoms with van der Waals surface area (Å²) in [7, 11) is 1.81. The van der Waals surface area contributed by atoms with Crippen LogP contribution < -0.4 is 10.1 Å². The number of aromatic nitrogens is 2. The lowest BCUT2D eigenvalue weighted by Crippen LogP contribution is -2.36. The van der Waals surface area contributed by atoms with Gasteiger partial charge in [0.2, 0.25) is 5.88 Å². The number of ether oxygens (including phenoxy) is 1. The van der Waals surface area contributed by atoms with Crippen molar-refractivity contribution in [3.05, 3.63) is 47.3 Å². The quantitative estimate of drug-likeness (QED) is 0.821. The predicted molar refractivity (Wildman–Crippen MR) is 87.7 cm³/mol. The Kier molecular flexibility index (Phi) is 3.75. The van der Waals surface area contributed by atoms with E-state index in [1.165, 1.54) is 0 Å². The Bertz CT molecular complexity index is 832. The van der Waals surface area contributed by atoms with E-state index in [-0.39, 0.29) is 5.78 Å². The number of nitrogens with zero attached hydrogens (tertiary/aromatic N) is 2. The van der Waals surface area contributed by atoms with Gasteiger partial charge < -0.3 is 10.1 Å². The lowest BCUT2D eigenvalue weighted by molar-refractivity contribution is 0.0590. The third kappa shape index (κ3) is 3.32. The van der Waals surface area contributed by atoms with E-state index >= 15 is 0 Å². The van der Waals surface area contributed by atoms with Crippen molar-refractivity contribution >= 4 is 11.6 Å². The van der Waals surface area contributed by atoms with Crippen molar-refractivity contribution in [3.8, 4) is 17.7 Å². The van der Waals surface area contributed by atoms with E-state index in [1.807, 2.05) is 32.0 Å². The van der Waals surface area contributed by atoms with Gasteiger partial charge in [0.05, 0.1) is 12.0 Å². The molecule has 0 aliphatic carbocycles. The van der Waals surface area contributed by atoms with Gasteiger partial charge in [-0.25, -0.2) is 9.97 Å². The van der Waals surface area contributed by atoms with Crippen LogP contribution in [0.5, 0.6) is 5.88 Å². The molecule has 2 aromatic rings. The summed E-state index contributed by atoms with van der Waals surface area (Å²) < 4.78 is 5.74. The molecule has 5 nitrogen and oxygen atoms in total. The Labute approximate surface area is 135 Å². The van der Waals surface area contributed by atoms with Crippen LogP contribution in [0.3, 0.4) is 0 Å². The molecule has 1 aliphatic heterocycles. The Hall–Kier alpha value is -2.87. The van der Waals surface area contributed by atoms with Crippen molar-refractivity contribution in [1.29, 1.82) is 0 Å². The Balaban J connectivity index is 1.90. The van der Waals surface area contributed by atoms with Crippen molar-refractivity contribution in [2.45, 2.75) is 25.9 Å². The molecule has 0 amide bonds. The molecular formula is C18H17N3O2. The average Bonchev–Trinajstić information content (AvgIpc) is 2.52. The molecule has 116 valence electrons. The van der Waals surface area contributed by atoms with E-state index in [2.05, 4.69) is 27.1 Å². The van der Waals surface area contributed by atoms with Gasteiger partial charge in [-0.05, 0) is 38.0 Å². The van der Waals surface area contributed by atoms with Crippen LogP contribution in [-0.2, 0) is 0 Å². The van der Waals surface area contributed by atoms with Gasteiger partial charge in [0.25, 0.3) is 0 Å². The number of fused-ring (bicyclic) bond motifs is 1. The first-order chi connectivity index (χ1) is 11.0. The summed E-state index contributed by atoms with van der Waals surface area (Å²) >= 11 is 0. The zero-order chi connectivity index (χ0) is 16.4. The molecule has 0 bridgehead atoms. The van der Waals surface area contributed by atoms with Crippen LogP contribution in [0.15, 0.2) is 30.5 Å². The number of Topliss-reactive ketones (excluding diaryl/α,β-unsaturated/α-hetero) is 1. The van der Waals surface area contributed by atoms with E-state index < -0.39 is 5.60 Å². The molecule has 0 saturated carbocycles. The molecule has 0 saturated heterocycles. The highest BCUT2D eigenvalue weighted by Crippen LogP contribution is 2.31. The maximum Gasteiger partial charge on any atom is 0.224 e. The average molecular weight is 307 g/mol. The molecule has 23 heavy (non-hydrogen) atoms. The van der Waals surface area contributed by atoms with Gasteiger partial charge in [-0.15, -0.1) is 0 Å². The van der Waals surface area contributed by atoms with Gasteiger partial charge in [-0.2, -0.15) is 0 Å². The molecule has 0 fully saturated rings. The van der Waals surface area contributed by atoms with Crippen LogP contribution in [0.1, 0.15) is 41.9 Å². The van der Waals surface area contributed by atoms with Crippen molar-refractivity contribution in [2.75, 3.05) is 12.4 Å². The second-order valence-electron chi connectivity index (χ2n) is 5.95. The van der Waals surface area contributed by atoms with E-state index in [0.717, 1.165) is 5.82 Å². The molecule has 1 aliphatic rings. The summed E-state index contributed by atoms with van der Waals surface area (Å²) in [5.74, 6) is 7.14. The summed E-state index contributed by atoms with van der Waals surface area (Å²) in [6, 6.07) is 7.31. The standard InChI is InChI=1S/C18H17N3O2/c1-18(2)10-15(22)14-9-12(11-20-17(14)23-18)7-8-13-5-4-6-16(19-3)21-13/h4-6,9,11H,10H2,1-3H3,(H,19,21). The summed E-state index contributed by atoms with van der Waals surface area (Å²) in [4.78, 5) is 20.8. The number of hydrogen-bond acceptors (Lipinski definition) is 5. The third-order valence-corrected chi connectivity index (χ3v) is 3.45. The van der Waals surface area contributed by atoms with E-state index in [1.54, 1.807) is 19.3 Å². The molecule has 3 rings (SSSR count). The van der Waals surface area contributed by atoms with Crippen molar-refractivity contribution < 1.29 is 9.53 Å². The highest BCUT2D eigenvalue weighted by Gasteiger charge is 2.33. The number of rotatable bonds is 1. The molecule has 0 aromatic carbocycles. The number of anilines is 1. The maximum atomic E-state index is 12.2. The number of nitrogens with one attached hydrogen (secondary N) is 1. The molecule has 0 unspecified atom stereocenters. The minimum Gasteiger partial charge on any atom is -0.471 e. The van der Waals surface area contributed by atoms with Crippen LogP contribution in [-0.4, -0.2) is 28.4 Å². The summed E-state index contributed by atoms with van der Waals surface area (Å²) in [5.41, 5.74) is 1.30. The van der Waals surface area contributed by atoms with Crippen LogP contribution in [0.25, 0.3) is 0 Å². The third-order valence-electron chi connectivity index (χ3n) is 3.45. The van der Waals surface area contributed by atoms with E-state index in [0.29, 0.717) is 29.1 Å². The number of hydrogen-bond donors (Lipinski definition) is 1. The Morgan fingerprint density at radius 3 is 2.91 bits per heavy atom. The van der Waals surface area contributed by atoms with Crippen LogP contribution >= 0.6 is 0 Å². The summed E-state index contributed by atoms with van der Waals surface area (Å²) in [5, 5.41) is 2.97. The molecular weight excluding hydrogens is 290 g/mol. The number of carbonyl (C=O) groups is 1. The van der Waals surface area contributed by atoms with Crippen molar-refractivity contribution in [1.82, 2.24) is 9.97 Å². The second-order valence-corrected chi connectivity index (χ2v) is 5.95. The monoisotopic (exact) mass is 307 g/mol. The van der Waals surface area contributed by atoms with Crippen LogP contribution in [0.4, 0.5) is 5.82 Å². The maximum absolute atomic E-state index is 12.2. The second kappa shape index (κ2) is 5.73. The smallest absolute Gasteiger partial charge is 0.224 e. The highest BCUT2D eigenvalue weighted by atomic mass is 16.5. The first-order valence-electron chi connectivity index (χ1n) is 7.36. The minimum atomic E-state index is -0.512. The van der Waals surface area contributed by atoms with Crippen molar-refractivity contribution in [3.63, 3.8) is 0 Å². The lowest BCUT2D eigenvalue weighted by Gasteiger charge is -2.30. The first-order valence-corrected chi connectivity index (χ1v) is 7.36. The van der Waals surface area contributed by atoms with E-state index in [9.17, 15) is 4.79 Å². The minimum absolute atomic E-state index is 0.0303. The van der Waals surface area contributed by atoms with Gasteiger partial charge in [0.15, 0.2) is 5.78 Å². The fourth-order valence-electron chi connectivity index (χ4n) is 2.36. The number of ketones is 1. The van der Waals surface area contributed by atoms with E-state index in [4.69, 9.17) is 4.74 Å². The topological polar surface area (TPSA) is 64.1 Å². The zero-order valence-electron chi connectivity index (χ0n) is 13.3. The van der Waals surface area contributed by atoms with Gasteiger partial charge in [0.1, 0.15) is 17.1 Å². The van der Waals surface area contributed by atoms with Gasteiger partial charge in [-0.3, -0.25) is 4.79 Å². The highest BCUT2D eigenvalue weighted by molar-refractivity contribution is 6.00. The predicted octanol–water partition coefficient (Wildman–Crippen LogP) is 2.66. The fraction of sp³-hybridized carbons (Fsp3) is 0.278. The SMILES string of the molecule is CNc1cccc(C#Cc2cnc3c(c2)C(=O)CC(C)(C)O3)n1. The summed E-state index contributed by atoms with van der Waals surface area (Å²) in [6.45, 7) is 3.76. The number of pyridine rings is 2. The normalized spacial score (nSPS) is 15.0. The molecule has 0 spiro atoms. The fourth-order valence-corrected chi connectivity index (χ4v) is 2.36. The van der Waals surface area contributed by atoms with Gasteiger partial charge >= 0.3 is 0 Å². The Morgan fingerprint density at radius 2 is 2.13 bits per heavy atom. The molecule has 2 aromatic heterocycles. The molecule has 5 heteroatoms. The molecule has 0 atom stereocenters. The van der Waals surface area contributed by atoms with Crippen molar-refractivity contribution in [2.24, 2.45) is 0 Å². The van der Waals surface area contributed by atoms with Gasteiger partial charge in [0, 0.05) is 18.8 Å². The zero-order valence-corrected chi connectivity index (χ0v) is 13.3. The Morgan fingerprint density at radius 1 is 1.30 bits per heavy atom. The summed E-state index contributed by atoms with van der Waals surface area (Å²) in [6.07, 6.45) is 1.95. The lowest BCUT2D eigenvalue weighted by atomic mass is 9.94. The van der Waals surface area contributed by atoms with Gasteiger partial charge in [-0.1, -0.05) is 12.0 Å². The largest absolute Gasteiger partial charge is 0.471 e. The van der Waals surface area contributed by atoms with Crippen LogP contribution in [0.2, 0.25) is 0 Å². The first kappa shape index (κ1) is 15.0. The molecule has 1 N–H and O–H groups in total.